The van der Waals surface area contributed by atoms with Crippen LogP contribution >= 0.6 is 11.6 Å². The Balaban J connectivity index is 1.50. The van der Waals surface area contributed by atoms with Gasteiger partial charge in [-0.25, -0.2) is 0 Å². The van der Waals surface area contributed by atoms with Crippen LogP contribution in [0.3, 0.4) is 0 Å². The number of benzene rings is 1. The maximum absolute atomic E-state index is 10.4. The summed E-state index contributed by atoms with van der Waals surface area (Å²) in [6.45, 7) is -0.455. The summed E-state index contributed by atoms with van der Waals surface area (Å²) in [5.41, 5.74) is 0.590. The van der Waals surface area contributed by atoms with Crippen molar-refractivity contribution in [2.45, 2.75) is 75.1 Å². The number of rotatable bonds is 4. The molecule has 1 aromatic carbocycles. The number of halogens is 1. The van der Waals surface area contributed by atoms with E-state index in [-0.39, 0.29) is 6.10 Å². The number of aliphatic hydroxyl groups is 4. The van der Waals surface area contributed by atoms with Gasteiger partial charge < -0.3 is 29.9 Å². The largest absolute Gasteiger partial charge is 0.489 e. The highest BCUT2D eigenvalue weighted by Crippen LogP contribution is 2.44. The van der Waals surface area contributed by atoms with Crippen LogP contribution in [0.1, 0.15) is 50.2 Å². The first-order valence-corrected chi connectivity index (χ1v) is 10.6. The lowest BCUT2D eigenvalue weighted by Gasteiger charge is -2.40. The summed E-state index contributed by atoms with van der Waals surface area (Å²) in [7, 11) is 0. The topological polar surface area (TPSA) is 99.4 Å². The van der Waals surface area contributed by atoms with E-state index in [0.717, 1.165) is 24.7 Å². The quantitative estimate of drug-likeness (QED) is 0.605. The Morgan fingerprint density at radius 3 is 2.32 bits per heavy atom. The van der Waals surface area contributed by atoms with Gasteiger partial charge in [0.15, 0.2) is 0 Å². The van der Waals surface area contributed by atoms with Crippen molar-refractivity contribution in [3.05, 3.63) is 28.8 Å². The Morgan fingerprint density at radius 2 is 1.68 bits per heavy atom. The molecule has 28 heavy (non-hydrogen) atoms. The van der Waals surface area contributed by atoms with Gasteiger partial charge in [-0.05, 0) is 42.4 Å². The van der Waals surface area contributed by atoms with Crippen LogP contribution < -0.4 is 4.74 Å². The molecule has 1 saturated heterocycles. The van der Waals surface area contributed by atoms with Gasteiger partial charge in [0.05, 0.1) is 17.7 Å². The molecule has 3 unspecified atom stereocenters. The molecule has 4 N–H and O–H groups in total. The standard InChI is InChI=1S/C21H29ClO6/c22-15-6-5-13(21-20(26)19(25)18(24)17(10-23)28-21)9-16(15)27-14-7-11-3-1-2-4-12(11)8-14/h5-6,9,11-12,14,17-21,23-26H,1-4,7-8,10H2/t11?,12?,14?,17-,18-,19+,20-,21?/m1/s1. The van der Waals surface area contributed by atoms with E-state index in [2.05, 4.69) is 0 Å². The molecule has 3 fully saturated rings. The molecule has 2 aliphatic carbocycles. The highest BCUT2D eigenvalue weighted by atomic mass is 35.5. The van der Waals surface area contributed by atoms with Crippen LogP contribution in [-0.2, 0) is 4.74 Å². The Morgan fingerprint density at radius 1 is 1.00 bits per heavy atom. The van der Waals surface area contributed by atoms with Crippen LogP contribution in [0, 0.1) is 11.8 Å². The first kappa shape index (κ1) is 20.4. The van der Waals surface area contributed by atoms with E-state index in [1.807, 2.05) is 0 Å². The second-order valence-corrected chi connectivity index (χ2v) is 8.86. The third-order valence-electron chi connectivity index (χ3n) is 6.67. The van der Waals surface area contributed by atoms with Crippen molar-refractivity contribution in [2.24, 2.45) is 11.8 Å². The van der Waals surface area contributed by atoms with Gasteiger partial charge in [0.25, 0.3) is 0 Å². The SMILES string of the molecule is OC[C@H]1OC(c2ccc(Cl)c(OC3CC4CCCCC4C3)c2)[C@H](O)[C@@H](O)[C@@H]1O. The van der Waals surface area contributed by atoms with Gasteiger partial charge in [-0.15, -0.1) is 0 Å². The molecule has 0 spiro atoms. The fraction of sp³-hybridized carbons (Fsp3) is 0.714. The zero-order valence-corrected chi connectivity index (χ0v) is 16.5. The number of hydrogen-bond acceptors (Lipinski definition) is 6. The van der Waals surface area contributed by atoms with Crippen LogP contribution in [-0.4, -0.2) is 57.6 Å². The molecule has 2 saturated carbocycles. The fourth-order valence-corrected chi connectivity index (χ4v) is 5.28. The van der Waals surface area contributed by atoms with E-state index in [4.69, 9.17) is 21.1 Å². The molecule has 156 valence electrons. The zero-order valence-electron chi connectivity index (χ0n) is 15.8. The minimum absolute atomic E-state index is 0.135. The molecule has 1 aliphatic heterocycles. The molecule has 7 atom stereocenters. The molecule has 6 nitrogen and oxygen atoms in total. The normalized spacial score (nSPS) is 40.9. The van der Waals surface area contributed by atoms with Crippen molar-refractivity contribution in [2.75, 3.05) is 6.61 Å². The van der Waals surface area contributed by atoms with Crippen molar-refractivity contribution in [1.82, 2.24) is 0 Å². The summed E-state index contributed by atoms with van der Waals surface area (Å²) in [6, 6.07) is 5.13. The summed E-state index contributed by atoms with van der Waals surface area (Å²) < 4.78 is 11.9. The Bertz CT molecular complexity index is 669. The van der Waals surface area contributed by atoms with E-state index in [0.29, 0.717) is 16.3 Å². The molecular weight excluding hydrogens is 384 g/mol. The molecule has 7 heteroatoms. The number of hydrogen-bond donors (Lipinski definition) is 4. The third-order valence-corrected chi connectivity index (χ3v) is 6.98. The Labute approximate surface area is 170 Å². The predicted molar refractivity (Wildman–Crippen MR) is 103 cm³/mol. The van der Waals surface area contributed by atoms with Gasteiger partial charge in [0.1, 0.15) is 36.3 Å². The van der Waals surface area contributed by atoms with Crippen molar-refractivity contribution >= 4 is 11.6 Å². The zero-order chi connectivity index (χ0) is 19.8. The minimum atomic E-state index is -1.41. The molecule has 3 aliphatic rings. The van der Waals surface area contributed by atoms with E-state index in [9.17, 15) is 20.4 Å². The van der Waals surface area contributed by atoms with Gasteiger partial charge in [0, 0.05) is 0 Å². The lowest BCUT2D eigenvalue weighted by Crippen LogP contribution is -2.55. The van der Waals surface area contributed by atoms with Crippen molar-refractivity contribution in [3.63, 3.8) is 0 Å². The number of fused-ring (bicyclic) bond motifs is 1. The van der Waals surface area contributed by atoms with E-state index < -0.39 is 37.1 Å². The van der Waals surface area contributed by atoms with Crippen LogP contribution in [0.25, 0.3) is 0 Å². The third kappa shape index (κ3) is 3.91. The second kappa shape index (κ2) is 8.46. The molecule has 1 heterocycles. The highest BCUT2D eigenvalue weighted by molar-refractivity contribution is 6.32. The molecule has 0 bridgehead atoms. The van der Waals surface area contributed by atoms with Crippen LogP contribution in [0.15, 0.2) is 18.2 Å². The second-order valence-electron chi connectivity index (χ2n) is 8.46. The van der Waals surface area contributed by atoms with Crippen LogP contribution in [0.5, 0.6) is 5.75 Å². The summed E-state index contributed by atoms with van der Waals surface area (Å²) >= 11 is 6.35. The molecular formula is C21H29ClO6. The monoisotopic (exact) mass is 412 g/mol. The Kier molecular flexibility index (Phi) is 6.16. The lowest BCUT2D eigenvalue weighted by atomic mass is 9.82. The highest BCUT2D eigenvalue weighted by Gasteiger charge is 2.44. The van der Waals surface area contributed by atoms with Crippen molar-refractivity contribution < 1.29 is 29.9 Å². The van der Waals surface area contributed by atoms with Gasteiger partial charge in [-0.1, -0.05) is 43.4 Å². The molecule has 1 aromatic rings. The van der Waals surface area contributed by atoms with Crippen molar-refractivity contribution in [3.8, 4) is 5.75 Å². The van der Waals surface area contributed by atoms with Gasteiger partial charge in [-0.2, -0.15) is 0 Å². The predicted octanol–water partition coefficient (Wildman–Crippen LogP) is 2.20. The molecule has 4 rings (SSSR count). The lowest BCUT2D eigenvalue weighted by molar-refractivity contribution is -0.231. The minimum Gasteiger partial charge on any atom is -0.489 e. The average Bonchev–Trinajstić information content (AvgIpc) is 3.11. The summed E-state index contributed by atoms with van der Waals surface area (Å²) in [4.78, 5) is 0. The van der Waals surface area contributed by atoms with Gasteiger partial charge in [-0.3, -0.25) is 0 Å². The van der Waals surface area contributed by atoms with Gasteiger partial charge in [0.2, 0.25) is 0 Å². The first-order valence-electron chi connectivity index (χ1n) is 10.2. The van der Waals surface area contributed by atoms with E-state index in [1.54, 1.807) is 18.2 Å². The maximum Gasteiger partial charge on any atom is 0.138 e. The first-order chi connectivity index (χ1) is 13.5. The molecule has 0 radical (unpaired) electrons. The maximum atomic E-state index is 10.4. The smallest absolute Gasteiger partial charge is 0.138 e. The molecule has 0 aromatic heterocycles. The summed E-state index contributed by atoms with van der Waals surface area (Å²) in [5.74, 6) is 2.03. The summed E-state index contributed by atoms with van der Waals surface area (Å²) in [5, 5.41) is 40.3. The van der Waals surface area contributed by atoms with Crippen molar-refractivity contribution in [1.29, 1.82) is 0 Å². The average molecular weight is 413 g/mol. The van der Waals surface area contributed by atoms with Gasteiger partial charge >= 0.3 is 0 Å². The van der Waals surface area contributed by atoms with E-state index in [1.165, 1.54) is 25.7 Å². The Hall–Kier alpha value is -0.890. The number of aliphatic hydroxyl groups excluding tert-OH is 4. The summed E-state index contributed by atoms with van der Waals surface area (Å²) in [6.07, 6.45) is 1.47. The number of ether oxygens (including phenoxy) is 2. The molecule has 0 amide bonds. The van der Waals surface area contributed by atoms with Crippen LogP contribution in [0.4, 0.5) is 0 Å². The van der Waals surface area contributed by atoms with E-state index >= 15 is 0 Å². The van der Waals surface area contributed by atoms with Crippen LogP contribution in [0.2, 0.25) is 5.02 Å². The fourth-order valence-electron chi connectivity index (χ4n) is 5.12.